The fourth-order valence-electron chi connectivity index (χ4n) is 2.23. The molecule has 0 saturated carbocycles. The molecule has 0 aliphatic carbocycles. The summed E-state index contributed by atoms with van der Waals surface area (Å²) in [5.74, 6) is 0.997. The molecule has 0 saturated heterocycles. The molecule has 1 N–H and O–H groups in total. The maximum Gasteiger partial charge on any atom is 0.270 e. The first kappa shape index (κ1) is 16.5. The van der Waals surface area contributed by atoms with E-state index in [4.69, 9.17) is 17.0 Å². The van der Waals surface area contributed by atoms with Crippen molar-refractivity contribution in [3.63, 3.8) is 0 Å². The van der Waals surface area contributed by atoms with Crippen LogP contribution in [0.4, 0.5) is 5.69 Å². The Morgan fingerprint density at radius 2 is 2.08 bits per heavy atom. The minimum Gasteiger partial charge on any atom is -0.496 e. The number of benzene rings is 2. The number of aromatic amines is 1. The zero-order chi connectivity index (χ0) is 17.8. The van der Waals surface area contributed by atoms with Crippen molar-refractivity contribution in [1.29, 1.82) is 0 Å². The second-order valence-corrected chi connectivity index (χ2v) is 5.34. The van der Waals surface area contributed by atoms with Crippen molar-refractivity contribution in [2.75, 3.05) is 7.11 Å². The number of hydrogen-bond donors (Lipinski definition) is 1. The molecule has 0 amide bonds. The summed E-state index contributed by atoms with van der Waals surface area (Å²) in [6.07, 6.45) is 1.45. The number of nitrogens with one attached hydrogen (secondary N) is 1. The maximum atomic E-state index is 11.0. The number of H-pyrrole nitrogens is 1. The summed E-state index contributed by atoms with van der Waals surface area (Å²) in [6, 6.07) is 13.7. The van der Waals surface area contributed by atoms with Gasteiger partial charge in [0.15, 0.2) is 5.82 Å². The largest absolute Gasteiger partial charge is 0.496 e. The molecule has 3 aromatic rings. The molecule has 0 atom stereocenters. The Bertz CT molecular complexity index is 995. The molecule has 0 radical (unpaired) electrons. The number of nitrogens with zero attached hydrogens (tertiary/aromatic N) is 4. The quantitative estimate of drug-likeness (QED) is 0.327. The first-order valence-electron chi connectivity index (χ1n) is 7.20. The smallest absolute Gasteiger partial charge is 0.270 e. The summed E-state index contributed by atoms with van der Waals surface area (Å²) in [4.78, 5) is 10.5. The second kappa shape index (κ2) is 7.05. The van der Waals surface area contributed by atoms with Gasteiger partial charge in [-0.3, -0.25) is 10.1 Å². The van der Waals surface area contributed by atoms with E-state index in [9.17, 15) is 10.1 Å². The fourth-order valence-corrected chi connectivity index (χ4v) is 2.41. The van der Waals surface area contributed by atoms with Gasteiger partial charge in [-0.25, -0.2) is 5.10 Å². The van der Waals surface area contributed by atoms with E-state index in [-0.39, 0.29) is 5.69 Å². The Kier molecular flexibility index (Phi) is 4.66. The van der Waals surface area contributed by atoms with Gasteiger partial charge < -0.3 is 4.74 Å². The van der Waals surface area contributed by atoms with E-state index in [1.54, 1.807) is 0 Å². The second-order valence-electron chi connectivity index (χ2n) is 4.96. The SMILES string of the molecule is COc1ccc([N+](=O)[O-])cc1C=Nn1c(-c2ccccc2)n[nH]c1=S. The van der Waals surface area contributed by atoms with Gasteiger partial charge in [-0.05, 0) is 18.3 Å². The number of rotatable bonds is 5. The monoisotopic (exact) mass is 355 g/mol. The van der Waals surface area contributed by atoms with Crippen molar-refractivity contribution >= 4 is 24.1 Å². The average Bonchev–Trinajstić information content (AvgIpc) is 3.01. The molecule has 0 fully saturated rings. The summed E-state index contributed by atoms with van der Waals surface area (Å²) in [5.41, 5.74) is 1.23. The molecule has 0 unspecified atom stereocenters. The van der Waals surface area contributed by atoms with Crippen LogP contribution in [0.1, 0.15) is 5.56 Å². The molecular formula is C16H13N5O3S. The van der Waals surface area contributed by atoms with E-state index in [2.05, 4.69) is 15.3 Å². The first-order chi connectivity index (χ1) is 12.1. The molecule has 1 aromatic heterocycles. The van der Waals surface area contributed by atoms with Gasteiger partial charge in [0, 0.05) is 23.3 Å². The van der Waals surface area contributed by atoms with E-state index < -0.39 is 4.92 Å². The molecule has 25 heavy (non-hydrogen) atoms. The van der Waals surface area contributed by atoms with Crippen molar-refractivity contribution in [3.8, 4) is 17.1 Å². The summed E-state index contributed by atoms with van der Waals surface area (Å²) in [6.45, 7) is 0. The van der Waals surface area contributed by atoms with Crippen LogP contribution in [0.2, 0.25) is 0 Å². The number of nitro benzene ring substituents is 1. The van der Waals surface area contributed by atoms with E-state index in [0.29, 0.717) is 21.9 Å². The molecule has 3 rings (SSSR count). The highest BCUT2D eigenvalue weighted by Crippen LogP contribution is 2.23. The summed E-state index contributed by atoms with van der Waals surface area (Å²) < 4.78 is 6.97. The van der Waals surface area contributed by atoms with Crippen molar-refractivity contribution < 1.29 is 9.66 Å². The van der Waals surface area contributed by atoms with Gasteiger partial charge in [-0.15, -0.1) is 0 Å². The van der Waals surface area contributed by atoms with Crippen LogP contribution in [0.5, 0.6) is 5.75 Å². The summed E-state index contributed by atoms with van der Waals surface area (Å²) in [5, 5.41) is 22.1. The van der Waals surface area contributed by atoms with Crippen LogP contribution in [0, 0.1) is 14.9 Å². The van der Waals surface area contributed by atoms with Gasteiger partial charge in [0.25, 0.3) is 5.69 Å². The van der Waals surface area contributed by atoms with Gasteiger partial charge in [-0.2, -0.15) is 14.9 Å². The zero-order valence-electron chi connectivity index (χ0n) is 13.1. The van der Waals surface area contributed by atoms with Crippen LogP contribution in [0.25, 0.3) is 11.4 Å². The van der Waals surface area contributed by atoms with E-state index in [1.807, 2.05) is 30.3 Å². The predicted molar refractivity (Wildman–Crippen MR) is 95.5 cm³/mol. The minimum atomic E-state index is -0.477. The minimum absolute atomic E-state index is 0.0543. The van der Waals surface area contributed by atoms with Gasteiger partial charge >= 0.3 is 0 Å². The van der Waals surface area contributed by atoms with Gasteiger partial charge in [-0.1, -0.05) is 30.3 Å². The van der Waals surface area contributed by atoms with Crippen LogP contribution >= 0.6 is 12.2 Å². The van der Waals surface area contributed by atoms with Crippen molar-refractivity contribution in [1.82, 2.24) is 14.9 Å². The molecule has 0 spiro atoms. The zero-order valence-corrected chi connectivity index (χ0v) is 13.9. The number of non-ortho nitro benzene ring substituents is 1. The number of nitro groups is 1. The molecule has 1 heterocycles. The Morgan fingerprint density at radius 1 is 1.32 bits per heavy atom. The number of hydrogen-bond acceptors (Lipinski definition) is 6. The highest BCUT2D eigenvalue weighted by Gasteiger charge is 2.11. The Morgan fingerprint density at radius 3 is 2.76 bits per heavy atom. The lowest BCUT2D eigenvalue weighted by Gasteiger charge is -2.04. The standard InChI is InChI=1S/C16H13N5O3S/c1-24-14-8-7-13(21(22)23)9-12(14)10-17-20-15(18-19-16(20)25)11-5-3-2-4-6-11/h2-10H,1H3,(H,19,25). The number of methoxy groups -OCH3 is 1. The van der Waals surface area contributed by atoms with Crippen LogP contribution in [0.15, 0.2) is 53.6 Å². The third kappa shape index (κ3) is 3.45. The van der Waals surface area contributed by atoms with Crippen molar-refractivity contribution in [3.05, 3.63) is 69.0 Å². The maximum absolute atomic E-state index is 11.0. The first-order valence-corrected chi connectivity index (χ1v) is 7.60. The van der Waals surface area contributed by atoms with E-state index in [1.165, 1.54) is 36.2 Å². The van der Waals surface area contributed by atoms with Crippen LogP contribution in [-0.2, 0) is 0 Å². The molecule has 0 aliphatic rings. The highest BCUT2D eigenvalue weighted by molar-refractivity contribution is 7.71. The Balaban J connectivity index is 2.04. The molecule has 2 aromatic carbocycles. The van der Waals surface area contributed by atoms with Crippen molar-refractivity contribution in [2.24, 2.45) is 5.10 Å². The lowest BCUT2D eigenvalue weighted by Crippen LogP contribution is -1.98. The molecule has 8 nitrogen and oxygen atoms in total. The summed E-state index contributed by atoms with van der Waals surface area (Å²) >= 11 is 5.21. The Hall–Kier alpha value is -3.33. The van der Waals surface area contributed by atoms with Crippen LogP contribution in [0.3, 0.4) is 0 Å². The highest BCUT2D eigenvalue weighted by atomic mass is 32.1. The van der Waals surface area contributed by atoms with Crippen LogP contribution in [-0.4, -0.2) is 33.1 Å². The van der Waals surface area contributed by atoms with Crippen LogP contribution < -0.4 is 4.74 Å². The normalized spacial score (nSPS) is 10.9. The fraction of sp³-hybridized carbons (Fsp3) is 0.0625. The van der Waals surface area contributed by atoms with Gasteiger partial charge in [0.05, 0.1) is 18.2 Å². The Labute approximate surface area is 147 Å². The molecule has 126 valence electrons. The lowest BCUT2D eigenvalue weighted by molar-refractivity contribution is -0.384. The third-order valence-corrected chi connectivity index (χ3v) is 3.68. The predicted octanol–water partition coefficient (Wildman–Crippen LogP) is 3.41. The average molecular weight is 355 g/mol. The molecule has 0 aliphatic heterocycles. The number of aromatic nitrogens is 3. The number of ether oxygens (including phenoxy) is 1. The molecule has 0 bridgehead atoms. The van der Waals surface area contributed by atoms with Gasteiger partial charge in [0.2, 0.25) is 4.77 Å². The van der Waals surface area contributed by atoms with E-state index in [0.717, 1.165) is 5.56 Å². The van der Waals surface area contributed by atoms with Crippen molar-refractivity contribution in [2.45, 2.75) is 0 Å². The van der Waals surface area contributed by atoms with E-state index >= 15 is 0 Å². The van der Waals surface area contributed by atoms with Gasteiger partial charge in [0.1, 0.15) is 5.75 Å². The molecule has 9 heteroatoms. The lowest BCUT2D eigenvalue weighted by atomic mass is 10.2. The molecular weight excluding hydrogens is 342 g/mol. The topological polar surface area (TPSA) is 98.3 Å². The summed E-state index contributed by atoms with van der Waals surface area (Å²) in [7, 11) is 1.48. The third-order valence-electron chi connectivity index (χ3n) is 3.42.